The zero-order valence-corrected chi connectivity index (χ0v) is 19.1. The van der Waals surface area contributed by atoms with Gasteiger partial charge in [0.25, 0.3) is 0 Å². The zero-order chi connectivity index (χ0) is 24.9. The second kappa shape index (κ2) is 10.2. The minimum Gasteiger partial charge on any atom is -0.481 e. The van der Waals surface area contributed by atoms with Crippen molar-refractivity contribution in [3.63, 3.8) is 0 Å². The summed E-state index contributed by atoms with van der Waals surface area (Å²) in [6.07, 6.45) is 0.740. The number of carboxylic acid groups (broad SMARTS) is 1. The third kappa shape index (κ3) is 5.03. The first-order chi connectivity index (χ1) is 16.9. The Kier molecular flexibility index (Phi) is 6.86. The highest BCUT2D eigenvalue weighted by molar-refractivity contribution is 6.00. The molecule has 0 saturated carbocycles. The van der Waals surface area contributed by atoms with Gasteiger partial charge in [-0.2, -0.15) is 0 Å². The van der Waals surface area contributed by atoms with Gasteiger partial charge in [-0.15, -0.1) is 0 Å². The molecule has 8 nitrogen and oxygen atoms in total. The van der Waals surface area contributed by atoms with E-state index in [1.807, 2.05) is 0 Å². The van der Waals surface area contributed by atoms with E-state index in [0.29, 0.717) is 22.5 Å². The van der Waals surface area contributed by atoms with Crippen molar-refractivity contribution >= 4 is 23.4 Å². The summed E-state index contributed by atoms with van der Waals surface area (Å²) in [7, 11) is 0. The number of anilines is 2. The maximum absolute atomic E-state index is 14.7. The predicted octanol–water partition coefficient (Wildman–Crippen LogP) is 5.77. The van der Waals surface area contributed by atoms with Crippen molar-refractivity contribution in [1.82, 2.24) is 10.1 Å². The van der Waals surface area contributed by atoms with Gasteiger partial charge in [-0.1, -0.05) is 41.6 Å². The topological polar surface area (TPSA) is 106 Å². The van der Waals surface area contributed by atoms with Crippen LogP contribution < -0.4 is 4.90 Å². The van der Waals surface area contributed by atoms with Crippen LogP contribution in [0.15, 0.2) is 71.4 Å². The minimum atomic E-state index is -0.898. The molecular formula is C26H22FN3O5. The van der Waals surface area contributed by atoms with Gasteiger partial charge in [-0.05, 0) is 43.7 Å². The Morgan fingerprint density at radius 2 is 1.77 bits per heavy atom. The lowest BCUT2D eigenvalue weighted by atomic mass is 10.1. The van der Waals surface area contributed by atoms with E-state index in [1.165, 1.54) is 18.2 Å². The van der Waals surface area contributed by atoms with E-state index < -0.39 is 17.9 Å². The number of amides is 1. The lowest BCUT2D eigenvalue weighted by molar-refractivity contribution is -0.136. The van der Waals surface area contributed by atoms with Crippen molar-refractivity contribution in [2.75, 3.05) is 11.5 Å². The number of halogens is 1. The number of aromatic nitrogens is 2. The van der Waals surface area contributed by atoms with Crippen molar-refractivity contribution in [3.05, 3.63) is 83.9 Å². The van der Waals surface area contributed by atoms with Crippen molar-refractivity contribution in [1.29, 1.82) is 0 Å². The lowest BCUT2D eigenvalue weighted by Crippen LogP contribution is -2.28. The Hall–Kier alpha value is -4.53. The molecule has 2 aromatic carbocycles. The summed E-state index contributed by atoms with van der Waals surface area (Å²) in [5.74, 6) is -1.27. The number of pyridine rings is 1. The summed E-state index contributed by atoms with van der Waals surface area (Å²) < 4.78 is 25.4. The molecule has 0 bridgehead atoms. The minimum absolute atomic E-state index is 0.00419. The molecule has 0 unspecified atom stereocenters. The summed E-state index contributed by atoms with van der Waals surface area (Å²) in [4.78, 5) is 29.4. The van der Waals surface area contributed by atoms with E-state index in [9.17, 15) is 14.0 Å². The third-order valence-corrected chi connectivity index (χ3v) is 5.23. The molecule has 0 aliphatic heterocycles. The van der Waals surface area contributed by atoms with E-state index in [2.05, 4.69) is 10.1 Å². The molecule has 1 N–H and O–H groups in total. The van der Waals surface area contributed by atoms with Crippen LogP contribution in [0.25, 0.3) is 22.6 Å². The number of carboxylic acids is 1. The average Bonchev–Trinajstić information content (AvgIpc) is 3.22. The number of nitrogens with zero attached hydrogens (tertiary/aromatic N) is 3. The lowest BCUT2D eigenvalue weighted by Gasteiger charge is -2.22. The molecular weight excluding hydrogens is 453 g/mol. The van der Waals surface area contributed by atoms with E-state index in [1.54, 1.807) is 62.5 Å². The average molecular weight is 475 g/mol. The van der Waals surface area contributed by atoms with Crippen LogP contribution in [0.2, 0.25) is 0 Å². The Labute approximate surface area is 200 Å². The number of rotatable bonds is 7. The van der Waals surface area contributed by atoms with Gasteiger partial charge in [0.05, 0.1) is 24.4 Å². The van der Waals surface area contributed by atoms with Gasteiger partial charge in [-0.25, -0.2) is 14.1 Å². The molecule has 2 heterocycles. The molecule has 0 fully saturated rings. The summed E-state index contributed by atoms with van der Waals surface area (Å²) in [5.41, 5.74) is 3.30. The van der Waals surface area contributed by atoms with Crippen molar-refractivity contribution in [2.45, 2.75) is 20.3 Å². The van der Waals surface area contributed by atoms with E-state index in [4.69, 9.17) is 14.4 Å². The summed E-state index contributed by atoms with van der Waals surface area (Å²) in [6, 6.07) is 16.5. The van der Waals surface area contributed by atoms with Crippen LogP contribution in [0.1, 0.15) is 18.2 Å². The first-order valence-corrected chi connectivity index (χ1v) is 10.8. The van der Waals surface area contributed by atoms with Crippen LogP contribution in [-0.4, -0.2) is 33.9 Å². The van der Waals surface area contributed by atoms with E-state index in [0.717, 1.165) is 10.5 Å². The molecule has 178 valence electrons. The summed E-state index contributed by atoms with van der Waals surface area (Å²) in [6.45, 7) is 3.41. The first kappa shape index (κ1) is 23.6. The normalized spacial score (nSPS) is 10.7. The smallest absolute Gasteiger partial charge is 0.419 e. The monoisotopic (exact) mass is 475 g/mol. The van der Waals surface area contributed by atoms with Crippen molar-refractivity contribution in [2.24, 2.45) is 0 Å². The standard InChI is InChI=1S/C26H22FN3O5/c1-3-34-26(33)30(22-7-5-4-6-20(22)27)24-16(2)29-35-25(24)19-12-13-21(28-15-19)18-10-8-17(9-11-18)14-23(31)32/h4-13,15H,3,14H2,1-2H3,(H,31,32). The molecule has 1 amide bonds. The molecule has 2 aromatic heterocycles. The van der Waals surface area contributed by atoms with Crippen LogP contribution in [0, 0.1) is 12.7 Å². The van der Waals surface area contributed by atoms with Gasteiger partial charge in [0.1, 0.15) is 17.2 Å². The molecule has 4 rings (SSSR count). The maximum atomic E-state index is 14.7. The zero-order valence-electron chi connectivity index (χ0n) is 19.1. The fourth-order valence-corrected chi connectivity index (χ4v) is 3.62. The highest BCUT2D eigenvalue weighted by atomic mass is 19.1. The van der Waals surface area contributed by atoms with Gasteiger partial charge in [-0.3, -0.25) is 9.78 Å². The third-order valence-electron chi connectivity index (χ3n) is 5.23. The van der Waals surface area contributed by atoms with E-state index >= 15 is 0 Å². The number of hydrogen-bond acceptors (Lipinski definition) is 6. The Balaban J connectivity index is 1.71. The van der Waals surface area contributed by atoms with Gasteiger partial charge in [0.15, 0.2) is 5.76 Å². The second-order valence-corrected chi connectivity index (χ2v) is 7.63. The Morgan fingerprint density at radius 1 is 1.06 bits per heavy atom. The van der Waals surface area contributed by atoms with Crippen molar-refractivity contribution in [3.8, 4) is 22.6 Å². The van der Waals surface area contributed by atoms with Crippen LogP contribution in [-0.2, 0) is 16.0 Å². The quantitative estimate of drug-likeness (QED) is 0.361. The predicted molar refractivity (Wildman–Crippen MR) is 127 cm³/mol. The van der Waals surface area contributed by atoms with Gasteiger partial charge < -0.3 is 14.4 Å². The molecule has 0 saturated heterocycles. The summed E-state index contributed by atoms with van der Waals surface area (Å²) >= 11 is 0. The second-order valence-electron chi connectivity index (χ2n) is 7.63. The molecule has 0 spiro atoms. The number of aryl methyl sites for hydroxylation is 1. The van der Waals surface area contributed by atoms with Gasteiger partial charge >= 0.3 is 12.1 Å². The Morgan fingerprint density at radius 3 is 2.40 bits per heavy atom. The van der Waals surface area contributed by atoms with Crippen LogP contribution in [0.5, 0.6) is 0 Å². The number of carbonyl (C=O) groups is 2. The van der Waals surface area contributed by atoms with Gasteiger partial charge in [0.2, 0.25) is 0 Å². The van der Waals surface area contributed by atoms with Crippen LogP contribution >= 0.6 is 0 Å². The molecule has 0 aliphatic rings. The number of para-hydroxylation sites is 1. The molecule has 35 heavy (non-hydrogen) atoms. The molecule has 4 aromatic rings. The fourth-order valence-electron chi connectivity index (χ4n) is 3.62. The molecule has 9 heteroatoms. The number of benzene rings is 2. The summed E-state index contributed by atoms with van der Waals surface area (Å²) in [5, 5.41) is 12.9. The number of carbonyl (C=O) groups excluding carboxylic acids is 1. The SMILES string of the molecule is CCOC(=O)N(c1ccccc1F)c1c(C)noc1-c1ccc(-c2ccc(CC(=O)O)cc2)nc1. The Bertz CT molecular complexity index is 1350. The van der Waals surface area contributed by atoms with E-state index in [-0.39, 0.29) is 30.2 Å². The van der Waals surface area contributed by atoms with Gasteiger partial charge in [0, 0.05) is 17.3 Å². The van der Waals surface area contributed by atoms with Crippen molar-refractivity contribution < 1.29 is 28.3 Å². The maximum Gasteiger partial charge on any atom is 0.419 e. The number of ether oxygens (including phenoxy) is 1. The largest absolute Gasteiger partial charge is 0.481 e. The molecule has 0 aliphatic carbocycles. The molecule has 0 atom stereocenters. The highest BCUT2D eigenvalue weighted by Crippen LogP contribution is 2.39. The van der Waals surface area contributed by atoms with Crippen LogP contribution in [0.3, 0.4) is 0 Å². The number of aliphatic carboxylic acids is 1. The first-order valence-electron chi connectivity index (χ1n) is 10.8. The fraction of sp³-hybridized carbons (Fsp3) is 0.154. The molecule has 0 radical (unpaired) electrons. The highest BCUT2D eigenvalue weighted by Gasteiger charge is 2.30. The number of hydrogen-bond donors (Lipinski definition) is 1. The van der Waals surface area contributed by atoms with Crippen LogP contribution in [0.4, 0.5) is 20.6 Å².